The molecule has 0 unspecified atom stereocenters. The van der Waals surface area contributed by atoms with Crippen molar-refractivity contribution in [2.75, 3.05) is 6.61 Å². The van der Waals surface area contributed by atoms with Crippen LogP contribution in [0.25, 0.3) is 5.69 Å². The van der Waals surface area contributed by atoms with E-state index in [4.69, 9.17) is 0 Å². The number of nitrogens with zero attached hydrogens (tertiary/aromatic N) is 2. The molecule has 0 spiro atoms. The van der Waals surface area contributed by atoms with E-state index < -0.39 is 5.54 Å². The lowest BCUT2D eigenvalue weighted by Crippen LogP contribution is -2.46. The van der Waals surface area contributed by atoms with E-state index in [1.165, 1.54) is 0 Å². The van der Waals surface area contributed by atoms with Gasteiger partial charge >= 0.3 is 0 Å². The van der Waals surface area contributed by atoms with E-state index in [-0.39, 0.29) is 17.9 Å². The summed E-state index contributed by atoms with van der Waals surface area (Å²) in [7, 11) is 0. The molecule has 0 bridgehead atoms. The standard InChI is InChI=1S/C18H25N3O2/c1-17(2,3)15-11-14(16(23)19-18(4,5)12-22)20-21(15)13-9-7-6-8-10-13/h6-11,22H,12H2,1-5H3,(H,19,23). The minimum absolute atomic E-state index is 0.135. The first-order valence-electron chi connectivity index (χ1n) is 7.73. The van der Waals surface area contributed by atoms with Crippen LogP contribution in [0.1, 0.15) is 50.8 Å². The third-order valence-electron chi connectivity index (χ3n) is 3.56. The van der Waals surface area contributed by atoms with E-state index >= 15 is 0 Å². The Labute approximate surface area is 137 Å². The molecule has 1 amide bonds. The zero-order valence-corrected chi connectivity index (χ0v) is 14.4. The highest BCUT2D eigenvalue weighted by molar-refractivity contribution is 5.93. The van der Waals surface area contributed by atoms with Gasteiger partial charge in [0.15, 0.2) is 5.69 Å². The van der Waals surface area contributed by atoms with E-state index in [9.17, 15) is 9.90 Å². The summed E-state index contributed by atoms with van der Waals surface area (Å²) in [6.45, 7) is 9.66. The van der Waals surface area contributed by atoms with Crippen LogP contribution in [0.5, 0.6) is 0 Å². The summed E-state index contributed by atoms with van der Waals surface area (Å²) >= 11 is 0. The number of amides is 1. The van der Waals surface area contributed by atoms with E-state index in [1.54, 1.807) is 18.5 Å². The fourth-order valence-electron chi connectivity index (χ4n) is 2.20. The van der Waals surface area contributed by atoms with Gasteiger partial charge in [-0.15, -0.1) is 0 Å². The molecule has 2 aromatic rings. The number of hydrogen-bond donors (Lipinski definition) is 2. The molecule has 0 aliphatic carbocycles. The average Bonchev–Trinajstić information content (AvgIpc) is 2.93. The molecular formula is C18H25N3O2. The zero-order valence-electron chi connectivity index (χ0n) is 14.4. The highest BCUT2D eigenvalue weighted by atomic mass is 16.3. The van der Waals surface area contributed by atoms with Crippen LogP contribution in [-0.2, 0) is 5.41 Å². The smallest absolute Gasteiger partial charge is 0.272 e. The van der Waals surface area contributed by atoms with Crippen molar-refractivity contribution in [3.05, 3.63) is 47.8 Å². The summed E-state index contributed by atoms with van der Waals surface area (Å²) in [6, 6.07) is 11.6. The molecule has 124 valence electrons. The highest BCUT2D eigenvalue weighted by Gasteiger charge is 2.26. The largest absolute Gasteiger partial charge is 0.394 e. The molecule has 0 aliphatic heterocycles. The maximum absolute atomic E-state index is 12.4. The second-order valence-corrected chi connectivity index (χ2v) is 7.41. The Balaban J connectivity index is 2.45. The molecule has 0 fully saturated rings. The summed E-state index contributed by atoms with van der Waals surface area (Å²) in [5, 5.41) is 16.6. The third kappa shape index (κ3) is 3.99. The Kier molecular flexibility index (Phi) is 4.61. The minimum Gasteiger partial charge on any atom is -0.394 e. The van der Waals surface area contributed by atoms with Crippen LogP contribution in [-0.4, -0.2) is 32.9 Å². The van der Waals surface area contributed by atoms with Gasteiger partial charge in [0, 0.05) is 5.41 Å². The number of aromatic nitrogens is 2. The first-order valence-corrected chi connectivity index (χ1v) is 7.73. The first-order chi connectivity index (χ1) is 10.6. The van der Waals surface area contributed by atoms with Crippen molar-refractivity contribution in [1.29, 1.82) is 0 Å². The van der Waals surface area contributed by atoms with Gasteiger partial charge < -0.3 is 10.4 Å². The van der Waals surface area contributed by atoms with Crippen molar-refractivity contribution < 1.29 is 9.90 Å². The van der Waals surface area contributed by atoms with E-state index in [1.807, 2.05) is 36.4 Å². The second kappa shape index (κ2) is 6.16. The first kappa shape index (κ1) is 17.2. The van der Waals surface area contributed by atoms with Crippen LogP contribution in [0.3, 0.4) is 0 Å². The summed E-state index contributed by atoms with van der Waals surface area (Å²) < 4.78 is 1.81. The topological polar surface area (TPSA) is 67.2 Å². The van der Waals surface area contributed by atoms with Crippen LogP contribution in [0.2, 0.25) is 0 Å². The maximum atomic E-state index is 12.4. The number of nitrogens with one attached hydrogen (secondary N) is 1. The number of hydrogen-bond acceptors (Lipinski definition) is 3. The molecule has 5 nitrogen and oxygen atoms in total. The van der Waals surface area contributed by atoms with Gasteiger partial charge in [0.2, 0.25) is 0 Å². The summed E-state index contributed by atoms with van der Waals surface area (Å²) in [5.74, 6) is -0.288. The van der Waals surface area contributed by atoms with Gasteiger partial charge in [-0.2, -0.15) is 5.10 Å². The number of carbonyl (C=O) groups is 1. The number of rotatable bonds is 4. The van der Waals surface area contributed by atoms with Gasteiger partial charge in [0.25, 0.3) is 5.91 Å². The Bertz CT molecular complexity index is 682. The number of carbonyl (C=O) groups excluding carboxylic acids is 1. The van der Waals surface area contributed by atoms with E-state index in [2.05, 4.69) is 31.2 Å². The molecule has 0 aliphatic rings. The minimum atomic E-state index is -0.685. The molecular weight excluding hydrogens is 290 g/mol. The third-order valence-corrected chi connectivity index (χ3v) is 3.56. The van der Waals surface area contributed by atoms with Crippen LogP contribution in [0.4, 0.5) is 0 Å². The molecule has 23 heavy (non-hydrogen) atoms. The summed E-state index contributed by atoms with van der Waals surface area (Å²) in [5.41, 5.74) is 1.37. The molecule has 1 aromatic carbocycles. The molecule has 1 heterocycles. The summed E-state index contributed by atoms with van der Waals surface area (Å²) in [4.78, 5) is 12.4. The zero-order chi connectivity index (χ0) is 17.3. The Hall–Kier alpha value is -2.14. The van der Waals surface area contributed by atoms with Gasteiger partial charge in [-0.05, 0) is 32.0 Å². The predicted octanol–water partition coefficient (Wildman–Crippen LogP) is 2.67. The number of aliphatic hydroxyl groups is 1. The average molecular weight is 315 g/mol. The second-order valence-electron chi connectivity index (χ2n) is 7.41. The SMILES string of the molecule is CC(C)(CO)NC(=O)c1cc(C(C)(C)C)n(-c2ccccc2)n1. The van der Waals surface area contributed by atoms with E-state index in [0.717, 1.165) is 11.4 Å². The van der Waals surface area contributed by atoms with Crippen molar-refractivity contribution in [2.45, 2.75) is 45.6 Å². The number of para-hydroxylation sites is 1. The van der Waals surface area contributed by atoms with E-state index in [0.29, 0.717) is 5.69 Å². The van der Waals surface area contributed by atoms with Crippen molar-refractivity contribution in [2.24, 2.45) is 0 Å². The van der Waals surface area contributed by atoms with Crippen molar-refractivity contribution in [3.63, 3.8) is 0 Å². The van der Waals surface area contributed by atoms with Crippen LogP contribution >= 0.6 is 0 Å². The fraction of sp³-hybridized carbons (Fsp3) is 0.444. The lowest BCUT2D eigenvalue weighted by molar-refractivity contribution is 0.0864. The molecule has 2 rings (SSSR count). The molecule has 0 saturated heterocycles. The van der Waals surface area contributed by atoms with Crippen molar-refractivity contribution in [3.8, 4) is 5.69 Å². The van der Waals surface area contributed by atoms with Gasteiger partial charge in [-0.25, -0.2) is 4.68 Å². The van der Waals surface area contributed by atoms with Crippen LogP contribution in [0, 0.1) is 0 Å². The van der Waals surface area contributed by atoms with Gasteiger partial charge in [0.05, 0.1) is 23.5 Å². The summed E-state index contributed by atoms with van der Waals surface area (Å²) in [6.07, 6.45) is 0. The van der Waals surface area contributed by atoms with Crippen molar-refractivity contribution >= 4 is 5.91 Å². The maximum Gasteiger partial charge on any atom is 0.272 e. The predicted molar refractivity (Wildman–Crippen MR) is 90.9 cm³/mol. The van der Waals surface area contributed by atoms with Gasteiger partial charge in [0.1, 0.15) is 0 Å². The fourth-order valence-corrected chi connectivity index (χ4v) is 2.20. The number of aliphatic hydroxyl groups excluding tert-OH is 1. The highest BCUT2D eigenvalue weighted by Crippen LogP contribution is 2.26. The molecule has 0 saturated carbocycles. The molecule has 0 radical (unpaired) electrons. The van der Waals surface area contributed by atoms with Gasteiger partial charge in [-0.1, -0.05) is 39.0 Å². The lowest BCUT2D eigenvalue weighted by Gasteiger charge is -2.22. The molecule has 0 atom stereocenters. The molecule has 1 aromatic heterocycles. The Morgan fingerprint density at radius 2 is 1.78 bits per heavy atom. The molecule has 2 N–H and O–H groups in total. The Morgan fingerprint density at radius 3 is 2.30 bits per heavy atom. The Morgan fingerprint density at radius 1 is 1.17 bits per heavy atom. The lowest BCUT2D eigenvalue weighted by atomic mass is 9.91. The van der Waals surface area contributed by atoms with Crippen LogP contribution in [0.15, 0.2) is 36.4 Å². The quantitative estimate of drug-likeness (QED) is 0.911. The van der Waals surface area contributed by atoms with Crippen LogP contribution < -0.4 is 5.32 Å². The van der Waals surface area contributed by atoms with Crippen molar-refractivity contribution in [1.82, 2.24) is 15.1 Å². The van der Waals surface area contributed by atoms with Gasteiger partial charge in [-0.3, -0.25) is 4.79 Å². The monoisotopic (exact) mass is 315 g/mol. The number of benzene rings is 1. The normalized spacial score (nSPS) is 12.3. The molecule has 5 heteroatoms.